The lowest BCUT2D eigenvalue weighted by atomic mass is 10.1. The normalized spacial score (nSPS) is 13.4. The number of rotatable bonds is 7. The lowest BCUT2D eigenvalue weighted by molar-refractivity contribution is -0.645. The summed E-state index contributed by atoms with van der Waals surface area (Å²) in [6.07, 6.45) is 1.71. The molecule has 3 N–H and O–H groups in total. The van der Waals surface area contributed by atoms with Gasteiger partial charge < -0.3 is 14.8 Å². The molecular formula is C22H30N3O5+. The average molecular weight is 416 g/mol. The van der Waals surface area contributed by atoms with Gasteiger partial charge in [0.2, 0.25) is 17.0 Å². The van der Waals surface area contributed by atoms with Crippen LogP contribution in [0.5, 0.6) is 0 Å². The lowest BCUT2D eigenvalue weighted by Gasteiger charge is -2.24. The molecule has 0 radical (unpaired) electrons. The maximum absolute atomic E-state index is 12.3. The van der Waals surface area contributed by atoms with Gasteiger partial charge in [0.25, 0.3) is 0 Å². The number of amides is 1. The number of fused-ring (bicyclic) bond motifs is 1. The molecule has 162 valence electrons. The van der Waals surface area contributed by atoms with Crippen molar-refractivity contribution in [3.05, 3.63) is 42.1 Å². The Morgan fingerprint density at radius 2 is 1.77 bits per heavy atom. The van der Waals surface area contributed by atoms with E-state index in [-0.39, 0.29) is 6.42 Å². The van der Waals surface area contributed by atoms with Crippen molar-refractivity contribution in [3.8, 4) is 0 Å². The van der Waals surface area contributed by atoms with Crippen LogP contribution in [0.2, 0.25) is 0 Å². The number of nitrogens with one attached hydrogen (secondary N) is 1. The van der Waals surface area contributed by atoms with Crippen molar-refractivity contribution < 1.29 is 28.4 Å². The van der Waals surface area contributed by atoms with E-state index < -0.39 is 35.7 Å². The molecule has 1 amide bonds. The van der Waals surface area contributed by atoms with Crippen molar-refractivity contribution >= 4 is 28.7 Å². The van der Waals surface area contributed by atoms with E-state index in [1.807, 2.05) is 48.1 Å². The Balaban J connectivity index is 1.88. The number of Topliss-reactive ketones (excluding diaryl/α,β-unsaturated/α-hetero) is 1. The van der Waals surface area contributed by atoms with Gasteiger partial charge in [0.15, 0.2) is 6.20 Å². The fraction of sp³-hybridized carbons (Fsp3) is 0.455. The molecule has 8 heteroatoms. The third-order valence-corrected chi connectivity index (χ3v) is 4.31. The largest absolute Gasteiger partial charge is 0.444 e. The smallest absolute Gasteiger partial charge is 0.408 e. The number of hydrogen-bond donors (Lipinski definition) is 2. The van der Waals surface area contributed by atoms with Crippen LogP contribution in [0.15, 0.2) is 36.5 Å². The summed E-state index contributed by atoms with van der Waals surface area (Å²) < 4.78 is 12.2. The third-order valence-electron chi connectivity index (χ3n) is 4.31. The van der Waals surface area contributed by atoms with Crippen molar-refractivity contribution in [2.24, 2.45) is 12.8 Å². The number of ether oxygens (including phenoxy) is 2. The molecule has 8 nitrogen and oxygen atoms in total. The second kappa shape index (κ2) is 9.21. The van der Waals surface area contributed by atoms with Crippen LogP contribution >= 0.6 is 0 Å². The van der Waals surface area contributed by atoms with E-state index in [0.29, 0.717) is 6.42 Å². The predicted molar refractivity (Wildman–Crippen MR) is 111 cm³/mol. The average Bonchev–Trinajstić information content (AvgIpc) is 2.62. The van der Waals surface area contributed by atoms with Gasteiger partial charge in [-0.1, -0.05) is 12.1 Å². The highest BCUT2D eigenvalue weighted by molar-refractivity contribution is 5.92. The Morgan fingerprint density at radius 3 is 2.43 bits per heavy atom. The summed E-state index contributed by atoms with van der Waals surface area (Å²) in [6, 6.07) is 9.96. The standard InChI is InChI=1S/C22H29N3O5/c1-21(2,3)30-20(28)24-13-18(26)22(4,23)29-19(27)11-10-15-12-16-8-6-7-9-17(16)25(5)14-15/h6-9,12,14H,10-11,13,23H2,1-5H3/p+1. The van der Waals surface area contributed by atoms with Crippen LogP contribution in [0, 0.1) is 0 Å². The summed E-state index contributed by atoms with van der Waals surface area (Å²) in [7, 11) is 1.94. The molecule has 2 rings (SSSR count). The molecule has 0 spiro atoms. The van der Waals surface area contributed by atoms with Gasteiger partial charge in [0.05, 0.1) is 6.54 Å². The summed E-state index contributed by atoms with van der Waals surface area (Å²) in [5.41, 5.74) is 5.36. The van der Waals surface area contributed by atoms with Crippen molar-refractivity contribution in [2.75, 3.05) is 6.54 Å². The zero-order chi connectivity index (χ0) is 22.5. The number of carbonyl (C=O) groups excluding carboxylic acids is 3. The Morgan fingerprint density at radius 1 is 1.10 bits per heavy atom. The predicted octanol–water partition coefficient (Wildman–Crippen LogP) is 1.91. The van der Waals surface area contributed by atoms with E-state index >= 15 is 0 Å². The lowest BCUT2D eigenvalue weighted by Crippen LogP contribution is -2.53. The quantitative estimate of drug-likeness (QED) is 0.405. The Labute approximate surface area is 176 Å². The van der Waals surface area contributed by atoms with E-state index in [2.05, 4.69) is 5.32 Å². The Kier molecular flexibility index (Phi) is 7.15. The number of benzene rings is 1. The molecule has 0 saturated heterocycles. The number of nitrogens with zero attached hydrogens (tertiary/aromatic N) is 1. The van der Waals surface area contributed by atoms with Crippen LogP contribution in [-0.2, 0) is 32.5 Å². The molecule has 0 bridgehead atoms. The van der Waals surface area contributed by atoms with E-state index in [9.17, 15) is 14.4 Å². The number of alkyl carbamates (subject to hydrolysis) is 1. The van der Waals surface area contributed by atoms with Crippen LogP contribution in [0.4, 0.5) is 4.79 Å². The molecule has 30 heavy (non-hydrogen) atoms. The van der Waals surface area contributed by atoms with Crippen LogP contribution in [0.3, 0.4) is 0 Å². The van der Waals surface area contributed by atoms with Crippen molar-refractivity contribution in [1.82, 2.24) is 5.32 Å². The number of nitrogens with two attached hydrogens (primary N) is 1. The topological polar surface area (TPSA) is 112 Å². The number of hydrogen-bond acceptors (Lipinski definition) is 6. The maximum atomic E-state index is 12.3. The van der Waals surface area contributed by atoms with Gasteiger partial charge in [-0.2, -0.15) is 0 Å². The molecule has 1 heterocycles. The van der Waals surface area contributed by atoms with Gasteiger partial charge in [-0.15, -0.1) is 0 Å². The molecule has 1 aromatic carbocycles. The van der Waals surface area contributed by atoms with Gasteiger partial charge in [0.1, 0.15) is 12.6 Å². The molecule has 1 unspecified atom stereocenters. The number of esters is 1. The van der Waals surface area contributed by atoms with Gasteiger partial charge in [-0.3, -0.25) is 15.3 Å². The number of para-hydroxylation sites is 1. The van der Waals surface area contributed by atoms with Crippen molar-refractivity contribution in [2.45, 2.75) is 51.9 Å². The SMILES string of the molecule is C[n+]1cc(CCC(=O)OC(C)(N)C(=O)CNC(=O)OC(C)(C)C)cc2ccccc21. The minimum absolute atomic E-state index is 0.0674. The van der Waals surface area contributed by atoms with Gasteiger partial charge in [-0.05, 0) is 46.2 Å². The molecular weight excluding hydrogens is 386 g/mol. The molecule has 0 aliphatic rings. The first-order valence-electron chi connectivity index (χ1n) is 9.75. The molecule has 0 aliphatic heterocycles. The van der Waals surface area contributed by atoms with Crippen LogP contribution in [0.1, 0.15) is 39.7 Å². The van der Waals surface area contributed by atoms with E-state index in [1.54, 1.807) is 20.8 Å². The van der Waals surface area contributed by atoms with Gasteiger partial charge in [0, 0.05) is 23.4 Å². The zero-order valence-corrected chi connectivity index (χ0v) is 18.2. The Bertz CT molecular complexity index is 947. The molecule has 0 aliphatic carbocycles. The molecule has 0 fully saturated rings. The van der Waals surface area contributed by atoms with E-state index in [1.165, 1.54) is 6.92 Å². The number of pyridine rings is 1. The van der Waals surface area contributed by atoms with Crippen molar-refractivity contribution in [3.63, 3.8) is 0 Å². The molecule has 1 atom stereocenters. The number of ketones is 1. The monoisotopic (exact) mass is 416 g/mol. The minimum Gasteiger partial charge on any atom is -0.444 e. The second-order valence-electron chi connectivity index (χ2n) is 8.38. The number of aryl methyl sites for hydroxylation is 2. The summed E-state index contributed by atoms with van der Waals surface area (Å²) >= 11 is 0. The van der Waals surface area contributed by atoms with Crippen LogP contribution in [0.25, 0.3) is 10.9 Å². The summed E-state index contributed by atoms with van der Waals surface area (Å²) in [5, 5.41) is 3.38. The summed E-state index contributed by atoms with van der Waals surface area (Å²) in [6.45, 7) is 6.01. The fourth-order valence-corrected chi connectivity index (χ4v) is 2.86. The molecule has 1 aromatic heterocycles. The van der Waals surface area contributed by atoms with Crippen LogP contribution < -0.4 is 15.6 Å². The van der Waals surface area contributed by atoms with Crippen LogP contribution in [-0.4, -0.2) is 35.7 Å². The maximum Gasteiger partial charge on any atom is 0.408 e. The van der Waals surface area contributed by atoms with Crippen molar-refractivity contribution in [1.29, 1.82) is 0 Å². The summed E-state index contributed by atoms with van der Waals surface area (Å²) in [4.78, 5) is 36.2. The molecule has 2 aromatic rings. The second-order valence-corrected chi connectivity index (χ2v) is 8.38. The third kappa shape index (κ3) is 6.81. The molecule has 0 saturated carbocycles. The highest BCUT2D eigenvalue weighted by Gasteiger charge is 2.33. The first kappa shape index (κ1) is 23.3. The number of aromatic nitrogens is 1. The Hall–Kier alpha value is -3.00. The highest BCUT2D eigenvalue weighted by Crippen LogP contribution is 2.14. The fourth-order valence-electron chi connectivity index (χ4n) is 2.86. The zero-order valence-electron chi connectivity index (χ0n) is 18.2. The van der Waals surface area contributed by atoms with E-state index in [4.69, 9.17) is 15.2 Å². The minimum atomic E-state index is -1.85. The van der Waals surface area contributed by atoms with Gasteiger partial charge >= 0.3 is 12.1 Å². The first-order valence-corrected chi connectivity index (χ1v) is 9.75. The highest BCUT2D eigenvalue weighted by atomic mass is 16.6. The van der Waals surface area contributed by atoms with E-state index in [0.717, 1.165) is 16.5 Å². The van der Waals surface area contributed by atoms with Gasteiger partial charge in [-0.25, -0.2) is 9.36 Å². The number of carbonyl (C=O) groups is 3. The first-order chi connectivity index (χ1) is 13.9. The summed E-state index contributed by atoms with van der Waals surface area (Å²) in [5.74, 6) is -1.24.